The van der Waals surface area contributed by atoms with E-state index >= 15 is 0 Å². The number of likely N-dealkylation sites (tertiary alicyclic amines) is 1. The molecule has 1 aromatic carbocycles. The minimum Gasteiger partial charge on any atom is -0.493 e. The Labute approximate surface area is 148 Å². The first-order chi connectivity index (χ1) is 11.8. The lowest BCUT2D eigenvalue weighted by atomic mass is 10.2. The van der Waals surface area contributed by atoms with Crippen molar-refractivity contribution >= 4 is 11.3 Å². The molecule has 1 aromatic heterocycles. The molecule has 0 spiro atoms. The molecule has 0 amide bonds. The maximum atomic E-state index is 5.89. The second kappa shape index (κ2) is 8.51. The topological polar surface area (TPSA) is 33.7 Å². The maximum Gasteiger partial charge on any atom is 0.161 e. The van der Waals surface area contributed by atoms with Gasteiger partial charge in [0.25, 0.3) is 0 Å². The van der Waals surface area contributed by atoms with Crippen LogP contribution in [0, 0.1) is 0 Å². The molecule has 3 rings (SSSR count). The fourth-order valence-electron chi connectivity index (χ4n) is 3.11. The van der Waals surface area contributed by atoms with E-state index < -0.39 is 0 Å². The highest BCUT2D eigenvalue weighted by atomic mass is 32.1. The summed E-state index contributed by atoms with van der Waals surface area (Å²) in [6.07, 6.45) is 2.61. The van der Waals surface area contributed by atoms with Crippen LogP contribution in [0.5, 0.6) is 11.5 Å². The van der Waals surface area contributed by atoms with Crippen molar-refractivity contribution in [2.75, 3.05) is 27.2 Å². The smallest absolute Gasteiger partial charge is 0.161 e. The van der Waals surface area contributed by atoms with E-state index in [9.17, 15) is 0 Å². The van der Waals surface area contributed by atoms with E-state index in [1.807, 2.05) is 12.1 Å². The van der Waals surface area contributed by atoms with Crippen molar-refractivity contribution in [1.82, 2.24) is 10.2 Å². The SMILES string of the molecule is COc1cc(CNCC2CCCN2C)ccc1OCc1cccs1. The van der Waals surface area contributed by atoms with Crippen LogP contribution in [0.3, 0.4) is 0 Å². The van der Waals surface area contributed by atoms with Gasteiger partial charge >= 0.3 is 0 Å². The Morgan fingerprint density at radius 3 is 2.92 bits per heavy atom. The number of hydrogen-bond acceptors (Lipinski definition) is 5. The third kappa shape index (κ3) is 4.50. The Kier molecular flexibility index (Phi) is 6.12. The van der Waals surface area contributed by atoms with Crippen molar-refractivity contribution in [3.8, 4) is 11.5 Å². The molecule has 1 unspecified atom stereocenters. The van der Waals surface area contributed by atoms with Gasteiger partial charge in [0.05, 0.1) is 7.11 Å². The lowest BCUT2D eigenvalue weighted by Gasteiger charge is -2.20. The van der Waals surface area contributed by atoms with E-state index in [4.69, 9.17) is 9.47 Å². The molecule has 1 saturated heterocycles. The Hall–Kier alpha value is -1.56. The van der Waals surface area contributed by atoms with Gasteiger partial charge in [-0.2, -0.15) is 0 Å². The average molecular weight is 346 g/mol. The molecule has 1 aliphatic rings. The van der Waals surface area contributed by atoms with Crippen molar-refractivity contribution in [3.05, 3.63) is 46.2 Å². The number of hydrogen-bond donors (Lipinski definition) is 1. The number of thiophene rings is 1. The van der Waals surface area contributed by atoms with E-state index in [1.165, 1.54) is 29.8 Å². The Morgan fingerprint density at radius 2 is 2.21 bits per heavy atom. The standard InChI is InChI=1S/C19H26N2O2S/c1-21-9-3-5-16(21)13-20-12-15-7-8-18(19(11-15)22-2)23-14-17-6-4-10-24-17/h4,6-8,10-11,16,20H,3,5,9,12-14H2,1-2H3. The number of methoxy groups -OCH3 is 1. The first kappa shape index (κ1) is 17.3. The van der Waals surface area contributed by atoms with E-state index in [2.05, 4.69) is 40.8 Å². The number of nitrogens with one attached hydrogen (secondary N) is 1. The largest absolute Gasteiger partial charge is 0.493 e. The van der Waals surface area contributed by atoms with Crippen LogP contribution in [0.15, 0.2) is 35.7 Å². The summed E-state index contributed by atoms with van der Waals surface area (Å²) >= 11 is 1.70. The quantitative estimate of drug-likeness (QED) is 0.793. The fourth-order valence-corrected chi connectivity index (χ4v) is 3.72. The van der Waals surface area contributed by atoms with Crippen LogP contribution >= 0.6 is 11.3 Å². The van der Waals surface area contributed by atoms with Gasteiger partial charge in [0, 0.05) is 24.0 Å². The first-order valence-electron chi connectivity index (χ1n) is 8.49. The molecule has 0 aliphatic carbocycles. The predicted molar refractivity (Wildman–Crippen MR) is 99.0 cm³/mol. The summed E-state index contributed by atoms with van der Waals surface area (Å²) in [6.45, 7) is 3.69. The number of ether oxygens (including phenoxy) is 2. The van der Waals surface area contributed by atoms with Gasteiger partial charge in [-0.3, -0.25) is 0 Å². The third-order valence-electron chi connectivity index (χ3n) is 4.56. The lowest BCUT2D eigenvalue weighted by Crippen LogP contribution is -2.35. The molecule has 1 N–H and O–H groups in total. The molecular formula is C19H26N2O2S. The van der Waals surface area contributed by atoms with E-state index in [1.54, 1.807) is 18.4 Å². The van der Waals surface area contributed by atoms with Gasteiger partial charge in [-0.05, 0) is 55.6 Å². The fraction of sp³-hybridized carbons (Fsp3) is 0.474. The third-order valence-corrected chi connectivity index (χ3v) is 5.41. The molecule has 24 heavy (non-hydrogen) atoms. The average Bonchev–Trinajstić information content (AvgIpc) is 3.25. The van der Waals surface area contributed by atoms with Crippen LogP contribution in [-0.4, -0.2) is 38.2 Å². The number of rotatable bonds is 8. The number of benzene rings is 1. The highest BCUT2D eigenvalue weighted by molar-refractivity contribution is 7.09. The highest BCUT2D eigenvalue weighted by Crippen LogP contribution is 2.29. The molecule has 2 aromatic rings. The summed E-state index contributed by atoms with van der Waals surface area (Å²) in [4.78, 5) is 3.65. The summed E-state index contributed by atoms with van der Waals surface area (Å²) < 4.78 is 11.4. The van der Waals surface area contributed by atoms with Crippen LogP contribution in [-0.2, 0) is 13.2 Å². The Balaban J connectivity index is 1.53. The van der Waals surface area contributed by atoms with Crippen molar-refractivity contribution in [3.63, 3.8) is 0 Å². The molecule has 0 bridgehead atoms. The number of nitrogens with zero attached hydrogens (tertiary/aromatic N) is 1. The van der Waals surface area contributed by atoms with Crippen LogP contribution in [0.1, 0.15) is 23.3 Å². The molecule has 0 radical (unpaired) electrons. The number of likely N-dealkylation sites (N-methyl/N-ethyl adjacent to an activating group) is 1. The highest BCUT2D eigenvalue weighted by Gasteiger charge is 2.19. The van der Waals surface area contributed by atoms with Crippen molar-refractivity contribution in [2.45, 2.75) is 32.0 Å². The van der Waals surface area contributed by atoms with Crippen LogP contribution in [0.25, 0.3) is 0 Å². The zero-order chi connectivity index (χ0) is 16.8. The van der Waals surface area contributed by atoms with Gasteiger partial charge in [-0.25, -0.2) is 0 Å². The second-order valence-corrected chi connectivity index (χ2v) is 7.29. The zero-order valence-corrected chi connectivity index (χ0v) is 15.3. The van der Waals surface area contributed by atoms with Crippen LogP contribution in [0.2, 0.25) is 0 Å². The van der Waals surface area contributed by atoms with Crippen molar-refractivity contribution in [2.24, 2.45) is 0 Å². The normalized spacial score (nSPS) is 18.0. The van der Waals surface area contributed by atoms with Gasteiger partial charge in [0.2, 0.25) is 0 Å². The molecular weight excluding hydrogens is 320 g/mol. The lowest BCUT2D eigenvalue weighted by molar-refractivity contribution is 0.287. The zero-order valence-electron chi connectivity index (χ0n) is 14.5. The van der Waals surface area contributed by atoms with Crippen LogP contribution < -0.4 is 14.8 Å². The second-order valence-electron chi connectivity index (χ2n) is 6.26. The summed E-state index contributed by atoms with van der Waals surface area (Å²) in [5.74, 6) is 1.59. The molecule has 1 aliphatic heterocycles. The minimum atomic E-state index is 0.583. The van der Waals surface area contributed by atoms with E-state index in [0.717, 1.165) is 24.6 Å². The molecule has 4 nitrogen and oxygen atoms in total. The molecule has 0 saturated carbocycles. The Morgan fingerprint density at radius 1 is 1.29 bits per heavy atom. The summed E-state index contributed by atoms with van der Waals surface area (Å²) in [6, 6.07) is 11.0. The molecule has 1 fully saturated rings. The summed E-state index contributed by atoms with van der Waals surface area (Å²) in [5, 5.41) is 5.62. The summed E-state index contributed by atoms with van der Waals surface area (Å²) in [5.41, 5.74) is 1.22. The summed E-state index contributed by atoms with van der Waals surface area (Å²) in [7, 11) is 3.90. The monoisotopic (exact) mass is 346 g/mol. The Bertz CT molecular complexity index is 630. The van der Waals surface area contributed by atoms with Gasteiger partial charge in [0.15, 0.2) is 11.5 Å². The van der Waals surface area contributed by atoms with Gasteiger partial charge in [0.1, 0.15) is 6.61 Å². The van der Waals surface area contributed by atoms with Gasteiger partial charge in [-0.15, -0.1) is 11.3 Å². The van der Waals surface area contributed by atoms with Crippen molar-refractivity contribution in [1.29, 1.82) is 0 Å². The predicted octanol–water partition coefficient (Wildman–Crippen LogP) is 3.52. The first-order valence-corrected chi connectivity index (χ1v) is 9.37. The maximum absolute atomic E-state index is 5.89. The van der Waals surface area contributed by atoms with Gasteiger partial charge < -0.3 is 19.7 Å². The molecule has 130 valence electrons. The minimum absolute atomic E-state index is 0.583. The van der Waals surface area contributed by atoms with Gasteiger partial charge in [-0.1, -0.05) is 12.1 Å². The molecule has 5 heteroatoms. The van der Waals surface area contributed by atoms with E-state index in [-0.39, 0.29) is 0 Å². The molecule has 1 atom stereocenters. The van der Waals surface area contributed by atoms with Crippen LogP contribution in [0.4, 0.5) is 0 Å². The van der Waals surface area contributed by atoms with E-state index in [0.29, 0.717) is 12.6 Å². The van der Waals surface area contributed by atoms with Crippen molar-refractivity contribution < 1.29 is 9.47 Å². The molecule has 2 heterocycles.